The number of nitrogens with zero attached hydrogens (tertiary/aromatic N) is 1. The van der Waals surface area contributed by atoms with E-state index in [9.17, 15) is 13.9 Å². The molecule has 0 spiro atoms. The molecule has 0 aliphatic heterocycles. The standard InChI is InChI=1S/C13H10BrF2NO/c14-9-6-8(3-4-10(9)15)7-12(18)13-11(16)2-1-5-17-13/h1-6,12,18H,7H2. The smallest absolute Gasteiger partial charge is 0.147 e. The minimum absolute atomic E-state index is 0.00190. The summed E-state index contributed by atoms with van der Waals surface area (Å²) in [6.07, 6.45) is 0.540. The molecule has 1 heterocycles. The molecule has 2 rings (SSSR count). The number of pyridine rings is 1. The highest BCUT2D eigenvalue weighted by Gasteiger charge is 2.15. The van der Waals surface area contributed by atoms with Gasteiger partial charge in [-0.05, 0) is 45.8 Å². The minimum atomic E-state index is -1.05. The molecule has 1 atom stereocenters. The number of aromatic nitrogens is 1. The molecule has 0 bridgehead atoms. The maximum atomic E-state index is 13.4. The van der Waals surface area contributed by atoms with E-state index in [1.165, 1.54) is 24.4 Å². The summed E-state index contributed by atoms with van der Waals surface area (Å²) in [7, 11) is 0. The van der Waals surface area contributed by atoms with Crippen molar-refractivity contribution in [2.24, 2.45) is 0 Å². The van der Waals surface area contributed by atoms with Gasteiger partial charge in [-0.3, -0.25) is 4.98 Å². The average Bonchev–Trinajstić information content (AvgIpc) is 2.34. The van der Waals surface area contributed by atoms with Gasteiger partial charge in [0, 0.05) is 12.6 Å². The van der Waals surface area contributed by atoms with E-state index in [0.29, 0.717) is 10.0 Å². The fourth-order valence-electron chi connectivity index (χ4n) is 1.63. The molecule has 94 valence electrons. The van der Waals surface area contributed by atoms with Crippen LogP contribution < -0.4 is 0 Å². The topological polar surface area (TPSA) is 33.1 Å². The first-order valence-corrected chi connectivity index (χ1v) is 6.09. The Morgan fingerprint density at radius 2 is 2.00 bits per heavy atom. The summed E-state index contributed by atoms with van der Waals surface area (Å²) in [5.41, 5.74) is 0.693. The molecular weight excluding hydrogens is 304 g/mol. The van der Waals surface area contributed by atoms with Crippen LogP contribution in [0.2, 0.25) is 0 Å². The van der Waals surface area contributed by atoms with Crippen LogP contribution in [-0.2, 0) is 6.42 Å². The Morgan fingerprint density at radius 3 is 2.67 bits per heavy atom. The zero-order chi connectivity index (χ0) is 13.1. The molecule has 1 aromatic carbocycles. The summed E-state index contributed by atoms with van der Waals surface area (Å²) in [6, 6.07) is 7.09. The van der Waals surface area contributed by atoms with Gasteiger partial charge in [-0.1, -0.05) is 6.07 Å². The molecule has 2 aromatic rings. The lowest BCUT2D eigenvalue weighted by atomic mass is 10.0. The van der Waals surface area contributed by atoms with Crippen molar-refractivity contribution in [3.05, 3.63) is 63.9 Å². The van der Waals surface area contributed by atoms with Crippen LogP contribution in [0, 0.1) is 11.6 Å². The van der Waals surface area contributed by atoms with Crippen LogP contribution >= 0.6 is 15.9 Å². The molecule has 0 saturated heterocycles. The highest BCUT2D eigenvalue weighted by Crippen LogP contribution is 2.22. The lowest BCUT2D eigenvalue weighted by Crippen LogP contribution is -2.06. The van der Waals surface area contributed by atoms with Crippen molar-refractivity contribution >= 4 is 15.9 Å². The Hall–Kier alpha value is -1.33. The number of benzene rings is 1. The number of halogens is 3. The first-order chi connectivity index (χ1) is 8.58. The van der Waals surface area contributed by atoms with E-state index in [0.717, 1.165) is 0 Å². The third-order valence-corrected chi connectivity index (χ3v) is 3.12. The molecule has 18 heavy (non-hydrogen) atoms. The fourth-order valence-corrected chi connectivity index (χ4v) is 2.06. The summed E-state index contributed by atoms with van der Waals surface area (Å²) in [5.74, 6) is -0.927. The van der Waals surface area contributed by atoms with Crippen LogP contribution in [0.1, 0.15) is 17.4 Å². The van der Waals surface area contributed by atoms with Crippen LogP contribution in [0.5, 0.6) is 0 Å². The largest absolute Gasteiger partial charge is 0.386 e. The average molecular weight is 314 g/mol. The first-order valence-electron chi connectivity index (χ1n) is 5.30. The minimum Gasteiger partial charge on any atom is -0.386 e. The maximum Gasteiger partial charge on any atom is 0.147 e. The van der Waals surface area contributed by atoms with Gasteiger partial charge in [-0.15, -0.1) is 0 Å². The predicted molar refractivity (Wildman–Crippen MR) is 67.0 cm³/mol. The van der Waals surface area contributed by atoms with Crippen LogP contribution in [-0.4, -0.2) is 10.1 Å². The Morgan fingerprint density at radius 1 is 1.22 bits per heavy atom. The highest BCUT2D eigenvalue weighted by atomic mass is 79.9. The molecule has 5 heteroatoms. The lowest BCUT2D eigenvalue weighted by Gasteiger charge is -2.11. The second-order valence-corrected chi connectivity index (χ2v) is 4.69. The molecule has 1 aromatic heterocycles. The zero-order valence-corrected chi connectivity index (χ0v) is 10.9. The van der Waals surface area contributed by atoms with E-state index in [1.807, 2.05) is 0 Å². The van der Waals surface area contributed by atoms with E-state index in [4.69, 9.17) is 0 Å². The molecule has 0 aliphatic rings. The molecule has 0 saturated carbocycles. The van der Waals surface area contributed by atoms with Gasteiger partial charge >= 0.3 is 0 Å². The summed E-state index contributed by atoms with van der Waals surface area (Å²) >= 11 is 3.06. The van der Waals surface area contributed by atoms with E-state index in [1.54, 1.807) is 12.1 Å². The van der Waals surface area contributed by atoms with E-state index in [2.05, 4.69) is 20.9 Å². The summed E-state index contributed by atoms with van der Waals surface area (Å²) in [4.78, 5) is 3.80. The van der Waals surface area contributed by atoms with Gasteiger partial charge < -0.3 is 5.11 Å². The number of hydrogen-bond donors (Lipinski definition) is 1. The molecule has 1 N–H and O–H groups in total. The summed E-state index contributed by atoms with van der Waals surface area (Å²) < 4.78 is 26.7. The monoisotopic (exact) mass is 313 g/mol. The third kappa shape index (κ3) is 2.91. The molecule has 2 nitrogen and oxygen atoms in total. The normalized spacial score (nSPS) is 12.4. The van der Waals surface area contributed by atoms with Gasteiger partial charge in [0.2, 0.25) is 0 Å². The van der Waals surface area contributed by atoms with Crippen molar-refractivity contribution < 1.29 is 13.9 Å². The van der Waals surface area contributed by atoms with E-state index < -0.39 is 11.9 Å². The maximum absolute atomic E-state index is 13.4. The Balaban J connectivity index is 2.19. The number of aliphatic hydroxyl groups excluding tert-OH is 1. The number of rotatable bonds is 3. The van der Waals surface area contributed by atoms with E-state index >= 15 is 0 Å². The van der Waals surface area contributed by atoms with Crippen molar-refractivity contribution in [2.75, 3.05) is 0 Å². The Labute approximate surface area is 111 Å². The Kier molecular flexibility index (Phi) is 4.04. The third-order valence-electron chi connectivity index (χ3n) is 2.52. The summed E-state index contributed by atoms with van der Waals surface area (Å²) in [6.45, 7) is 0. The second-order valence-electron chi connectivity index (χ2n) is 3.84. The number of aliphatic hydroxyl groups is 1. The molecular formula is C13H10BrF2NO. The predicted octanol–water partition coefficient (Wildman–Crippen LogP) is 3.40. The van der Waals surface area contributed by atoms with Gasteiger partial charge in [0.15, 0.2) is 0 Å². The van der Waals surface area contributed by atoms with Crippen molar-refractivity contribution in [3.63, 3.8) is 0 Å². The highest BCUT2D eigenvalue weighted by molar-refractivity contribution is 9.10. The van der Waals surface area contributed by atoms with Crippen LogP contribution in [0.3, 0.4) is 0 Å². The quantitative estimate of drug-likeness (QED) is 0.942. The molecule has 0 aliphatic carbocycles. The lowest BCUT2D eigenvalue weighted by molar-refractivity contribution is 0.168. The van der Waals surface area contributed by atoms with Crippen molar-refractivity contribution in [2.45, 2.75) is 12.5 Å². The van der Waals surface area contributed by atoms with Crippen LogP contribution in [0.25, 0.3) is 0 Å². The van der Waals surface area contributed by atoms with Crippen molar-refractivity contribution in [3.8, 4) is 0 Å². The van der Waals surface area contributed by atoms with Crippen LogP contribution in [0.4, 0.5) is 8.78 Å². The molecule has 0 radical (unpaired) electrons. The van der Waals surface area contributed by atoms with Gasteiger partial charge in [-0.2, -0.15) is 0 Å². The van der Waals surface area contributed by atoms with E-state index in [-0.39, 0.29) is 17.9 Å². The fraction of sp³-hybridized carbons (Fsp3) is 0.154. The van der Waals surface area contributed by atoms with Gasteiger partial charge in [0.1, 0.15) is 23.4 Å². The Bertz CT molecular complexity index is 562. The van der Waals surface area contributed by atoms with Gasteiger partial charge in [0.25, 0.3) is 0 Å². The van der Waals surface area contributed by atoms with Crippen LogP contribution in [0.15, 0.2) is 41.0 Å². The number of hydrogen-bond acceptors (Lipinski definition) is 2. The van der Waals surface area contributed by atoms with Gasteiger partial charge in [0.05, 0.1) is 4.47 Å². The summed E-state index contributed by atoms with van der Waals surface area (Å²) in [5, 5.41) is 9.90. The first kappa shape index (κ1) is 13.1. The SMILES string of the molecule is OC(Cc1ccc(F)c(Br)c1)c1ncccc1F. The van der Waals surface area contributed by atoms with Crippen molar-refractivity contribution in [1.82, 2.24) is 4.98 Å². The second kappa shape index (κ2) is 5.54. The van der Waals surface area contributed by atoms with Gasteiger partial charge in [-0.25, -0.2) is 8.78 Å². The molecule has 0 fully saturated rings. The van der Waals surface area contributed by atoms with Crippen molar-refractivity contribution in [1.29, 1.82) is 0 Å². The molecule has 1 unspecified atom stereocenters. The zero-order valence-electron chi connectivity index (χ0n) is 9.28. The molecule has 0 amide bonds.